The van der Waals surface area contributed by atoms with E-state index in [9.17, 15) is 14.7 Å². The molecule has 0 saturated heterocycles. The van der Waals surface area contributed by atoms with E-state index < -0.39 is 11.8 Å². The van der Waals surface area contributed by atoms with Crippen LogP contribution >= 0.6 is 11.3 Å². The van der Waals surface area contributed by atoms with Gasteiger partial charge in [-0.25, -0.2) is 9.78 Å². The normalized spacial score (nSPS) is 10.7. The molecule has 3 rings (SSSR count). The summed E-state index contributed by atoms with van der Waals surface area (Å²) in [6, 6.07) is 7.71. The molecule has 0 bridgehead atoms. The first-order chi connectivity index (χ1) is 11.9. The minimum Gasteiger partial charge on any atom is -0.507 e. The Balaban J connectivity index is 2.22. The molecular formula is C17H15N3O4S. The van der Waals surface area contributed by atoms with Gasteiger partial charge in [0.15, 0.2) is 22.3 Å². The van der Waals surface area contributed by atoms with Gasteiger partial charge in [0.05, 0.1) is 22.9 Å². The fourth-order valence-electron chi connectivity index (χ4n) is 2.28. The van der Waals surface area contributed by atoms with Gasteiger partial charge in [0.2, 0.25) is 0 Å². The van der Waals surface area contributed by atoms with Gasteiger partial charge in [0.1, 0.15) is 5.75 Å². The number of ether oxygens (including phenoxy) is 1. The SMILES string of the molecule is COC(=O)c1nc2nc(N(C)C)sc2cc1C(=O)c1ccccc1O. The zero-order chi connectivity index (χ0) is 18.1. The van der Waals surface area contributed by atoms with Crippen molar-refractivity contribution in [3.63, 3.8) is 0 Å². The number of phenols is 1. The Hall–Kier alpha value is -3.00. The van der Waals surface area contributed by atoms with Gasteiger partial charge >= 0.3 is 5.97 Å². The van der Waals surface area contributed by atoms with Crippen LogP contribution in [0, 0.1) is 0 Å². The van der Waals surface area contributed by atoms with E-state index in [1.165, 1.54) is 30.6 Å². The number of anilines is 1. The number of thiazole rings is 1. The van der Waals surface area contributed by atoms with Crippen LogP contribution in [-0.2, 0) is 4.74 Å². The lowest BCUT2D eigenvalue weighted by atomic mass is 10.0. The van der Waals surface area contributed by atoms with Crippen molar-refractivity contribution in [3.8, 4) is 5.75 Å². The zero-order valence-corrected chi connectivity index (χ0v) is 14.6. The van der Waals surface area contributed by atoms with Crippen LogP contribution in [0.25, 0.3) is 10.3 Å². The summed E-state index contributed by atoms with van der Waals surface area (Å²) in [5.41, 5.74) is 0.391. The van der Waals surface area contributed by atoms with E-state index in [-0.39, 0.29) is 22.6 Å². The van der Waals surface area contributed by atoms with Gasteiger partial charge < -0.3 is 14.7 Å². The summed E-state index contributed by atoms with van der Waals surface area (Å²) in [6.45, 7) is 0. The van der Waals surface area contributed by atoms with E-state index in [2.05, 4.69) is 9.97 Å². The molecule has 0 atom stereocenters. The molecule has 1 aromatic carbocycles. The fourth-order valence-corrected chi connectivity index (χ4v) is 3.15. The summed E-state index contributed by atoms with van der Waals surface area (Å²) in [4.78, 5) is 35.3. The average Bonchev–Trinajstić information content (AvgIpc) is 3.03. The summed E-state index contributed by atoms with van der Waals surface area (Å²) in [6.07, 6.45) is 0. The molecule has 0 amide bonds. The van der Waals surface area contributed by atoms with Crippen LogP contribution in [-0.4, -0.2) is 48.0 Å². The highest BCUT2D eigenvalue weighted by Crippen LogP contribution is 2.30. The van der Waals surface area contributed by atoms with Crippen molar-refractivity contribution in [1.82, 2.24) is 9.97 Å². The molecule has 0 unspecified atom stereocenters. The minimum atomic E-state index is -0.736. The number of carbonyl (C=O) groups excluding carboxylic acids is 2. The maximum absolute atomic E-state index is 12.9. The first kappa shape index (κ1) is 16.8. The van der Waals surface area contributed by atoms with Crippen molar-refractivity contribution in [3.05, 3.63) is 47.2 Å². The van der Waals surface area contributed by atoms with E-state index in [4.69, 9.17) is 4.74 Å². The lowest BCUT2D eigenvalue weighted by molar-refractivity contribution is 0.0591. The van der Waals surface area contributed by atoms with E-state index in [0.29, 0.717) is 15.5 Å². The summed E-state index contributed by atoms with van der Waals surface area (Å²) in [7, 11) is 4.90. The number of para-hydroxylation sites is 1. The number of hydrogen-bond acceptors (Lipinski definition) is 8. The Morgan fingerprint density at radius 3 is 2.52 bits per heavy atom. The summed E-state index contributed by atoms with van der Waals surface area (Å²) in [5.74, 6) is -1.41. The van der Waals surface area contributed by atoms with Crippen molar-refractivity contribution in [2.45, 2.75) is 0 Å². The predicted octanol–water partition coefficient (Wildman–Crippen LogP) is 2.48. The summed E-state index contributed by atoms with van der Waals surface area (Å²) in [5, 5.41) is 10.6. The molecule has 128 valence electrons. The second-order valence-electron chi connectivity index (χ2n) is 5.44. The first-order valence-electron chi connectivity index (χ1n) is 7.32. The first-order valence-corrected chi connectivity index (χ1v) is 8.14. The number of aromatic nitrogens is 2. The zero-order valence-electron chi connectivity index (χ0n) is 13.8. The van der Waals surface area contributed by atoms with Crippen LogP contribution in [0.1, 0.15) is 26.4 Å². The number of rotatable bonds is 4. The Morgan fingerprint density at radius 1 is 1.16 bits per heavy atom. The Bertz CT molecular complexity index is 981. The van der Waals surface area contributed by atoms with Gasteiger partial charge in [0, 0.05) is 14.1 Å². The molecule has 0 radical (unpaired) electrons. The van der Waals surface area contributed by atoms with E-state index in [1.54, 1.807) is 18.2 Å². The second-order valence-corrected chi connectivity index (χ2v) is 6.44. The Morgan fingerprint density at radius 2 is 1.88 bits per heavy atom. The molecule has 3 aromatic rings. The molecule has 0 spiro atoms. The summed E-state index contributed by atoms with van der Waals surface area (Å²) >= 11 is 1.35. The number of ketones is 1. The quantitative estimate of drug-likeness (QED) is 0.566. The molecule has 7 nitrogen and oxygen atoms in total. The maximum Gasteiger partial charge on any atom is 0.357 e. The highest BCUT2D eigenvalue weighted by atomic mass is 32.1. The highest BCUT2D eigenvalue weighted by molar-refractivity contribution is 7.22. The number of fused-ring (bicyclic) bond motifs is 1. The number of hydrogen-bond donors (Lipinski definition) is 1. The topological polar surface area (TPSA) is 92.6 Å². The van der Waals surface area contributed by atoms with Gasteiger partial charge in [-0.05, 0) is 18.2 Å². The summed E-state index contributed by atoms with van der Waals surface area (Å²) < 4.78 is 5.41. The third kappa shape index (κ3) is 3.03. The van der Waals surface area contributed by atoms with Gasteiger partial charge in [-0.2, -0.15) is 4.98 Å². The molecule has 1 N–H and O–H groups in total. The molecule has 0 aliphatic carbocycles. The van der Waals surface area contributed by atoms with Crippen LogP contribution < -0.4 is 4.90 Å². The lowest BCUT2D eigenvalue weighted by Crippen LogP contribution is -2.14. The molecule has 0 saturated carbocycles. The van der Waals surface area contributed by atoms with Crippen molar-refractivity contribution < 1.29 is 19.4 Å². The highest BCUT2D eigenvalue weighted by Gasteiger charge is 2.24. The third-order valence-corrected chi connectivity index (χ3v) is 4.69. The van der Waals surface area contributed by atoms with Crippen LogP contribution in [0.4, 0.5) is 5.13 Å². The smallest absolute Gasteiger partial charge is 0.357 e. The molecule has 0 aliphatic rings. The second kappa shape index (κ2) is 6.48. The van der Waals surface area contributed by atoms with Crippen molar-refractivity contribution >= 4 is 38.6 Å². The van der Waals surface area contributed by atoms with E-state index >= 15 is 0 Å². The fraction of sp³-hybridized carbons (Fsp3) is 0.176. The van der Waals surface area contributed by atoms with Crippen LogP contribution in [0.5, 0.6) is 5.75 Å². The average molecular weight is 357 g/mol. The predicted molar refractivity (Wildman–Crippen MR) is 94.6 cm³/mol. The molecule has 8 heteroatoms. The van der Waals surface area contributed by atoms with Crippen LogP contribution in [0.2, 0.25) is 0 Å². The number of methoxy groups -OCH3 is 1. The Labute approximate surface area is 147 Å². The molecule has 2 aromatic heterocycles. The maximum atomic E-state index is 12.9. The standard InChI is InChI=1S/C17H15N3O4S/c1-20(2)17-19-15-12(25-17)8-10(13(18-15)16(23)24-3)14(22)9-6-4-5-7-11(9)21/h4-8,21H,1-3H3. The molecule has 2 heterocycles. The molecule has 0 aliphatic heterocycles. The molecular weight excluding hydrogens is 342 g/mol. The van der Waals surface area contributed by atoms with E-state index in [0.717, 1.165) is 0 Å². The third-order valence-electron chi connectivity index (χ3n) is 3.53. The van der Waals surface area contributed by atoms with Crippen molar-refractivity contribution in [2.75, 3.05) is 26.1 Å². The minimum absolute atomic E-state index is 0.0646. The van der Waals surface area contributed by atoms with Gasteiger partial charge in [-0.1, -0.05) is 23.5 Å². The van der Waals surface area contributed by atoms with Crippen molar-refractivity contribution in [1.29, 1.82) is 0 Å². The van der Waals surface area contributed by atoms with Gasteiger partial charge in [-0.3, -0.25) is 4.79 Å². The number of esters is 1. The Kier molecular flexibility index (Phi) is 4.37. The number of nitrogens with zero attached hydrogens (tertiary/aromatic N) is 3. The van der Waals surface area contributed by atoms with Gasteiger partial charge in [-0.15, -0.1) is 0 Å². The number of carbonyl (C=O) groups is 2. The van der Waals surface area contributed by atoms with Crippen molar-refractivity contribution in [2.24, 2.45) is 0 Å². The van der Waals surface area contributed by atoms with E-state index in [1.807, 2.05) is 19.0 Å². The number of benzene rings is 1. The largest absolute Gasteiger partial charge is 0.507 e. The molecule has 0 fully saturated rings. The number of phenolic OH excluding ortho intramolecular Hbond substituents is 1. The van der Waals surface area contributed by atoms with Gasteiger partial charge in [0.25, 0.3) is 0 Å². The number of pyridine rings is 1. The lowest BCUT2D eigenvalue weighted by Gasteiger charge is -2.07. The molecule has 25 heavy (non-hydrogen) atoms. The number of aromatic hydroxyl groups is 1. The van der Waals surface area contributed by atoms with Crippen LogP contribution in [0.15, 0.2) is 30.3 Å². The monoisotopic (exact) mass is 357 g/mol. The van der Waals surface area contributed by atoms with Crippen LogP contribution in [0.3, 0.4) is 0 Å².